The molecule has 1 N–H and O–H groups in total. The molecule has 2 unspecified atom stereocenters. The molecule has 0 aromatic heterocycles. The van der Waals surface area contributed by atoms with E-state index < -0.39 is 0 Å². The summed E-state index contributed by atoms with van der Waals surface area (Å²) in [6.45, 7) is 4.48. The van der Waals surface area contributed by atoms with Crippen LogP contribution in [0.5, 0.6) is 0 Å². The highest BCUT2D eigenvalue weighted by molar-refractivity contribution is 5.96. The van der Waals surface area contributed by atoms with E-state index in [2.05, 4.69) is 13.8 Å². The second-order valence-electron chi connectivity index (χ2n) is 4.76. The molecule has 0 spiro atoms. The fourth-order valence-electron chi connectivity index (χ4n) is 2.80. The van der Waals surface area contributed by atoms with Crippen LogP contribution in [0.15, 0.2) is 11.6 Å². The van der Waals surface area contributed by atoms with Crippen molar-refractivity contribution in [2.45, 2.75) is 26.7 Å². The van der Waals surface area contributed by atoms with Crippen LogP contribution in [0, 0.1) is 17.3 Å². The molecule has 2 bridgehead atoms. The minimum Gasteiger partial charge on any atom is -0.396 e. The average Bonchev–Trinajstić information content (AvgIpc) is 2.03. The first kappa shape index (κ1) is 8.95. The molecule has 2 atom stereocenters. The van der Waals surface area contributed by atoms with Gasteiger partial charge in [0.1, 0.15) is 0 Å². The van der Waals surface area contributed by atoms with Crippen LogP contribution in [-0.2, 0) is 4.79 Å². The van der Waals surface area contributed by atoms with Crippen molar-refractivity contribution in [2.24, 2.45) is 17.3 Å². The lowest BCUT2D eigenvalue weighted by molar-refractivity contribution is -0.134. The molecule has 0 aromatic rings. The zero-order chi connectivity index (χ0) is 9.64. The number of carbonyl (C=O) groups excluding carboxylic acids is 1. The Balaban J connectivity index is 2.26. The molecule has 0 amide bonds. The monoisotopic (exact) mass is 180 g/mol. The van der Waals surface area contributed by atoms with Crippen LogP contribution < -0.4 is 0 Å². The summed E-state index contributed by atoms with van der Waals surface area (Å²) in [6, 6.07) is 0. The molecule has 3 aliphatic carbocycles. The van der Waals surface area contributed by atoms with Crippen LogP contribution in [0.4, 0.5) is 0 Å². The second-order valence-corrected chi connectivity index (χ2v) is 4.76. The van der Waals surface area contributed by atoms with E-state index in [1.165, 1.54) is 5.57 Å². The van der Waals surface area contributed by atoms with E-state index in [0.717, 1.165) is 6.42 Å². The Bertz CT molecular complexity index is 276. The number of ketones is 1. The first-order chi connectivity index (χ1) is 6.07. The number of hydrogen-bond donors (Lipinski definition) is 1. The zero-order valence-electron chi connectivity index (χ0n) is 8.21. The van der Waals surface area contributed by atoms with Crippen molar-refractivity contribution in [3.8, 4) is 0 Å². The van der Waals surface area contributed by atoms with Gasteiger partial charge in [0.2, 0.25) is 0 Å². The minimum absolute atomic E-state index is 0.149. The summed E-state index contributed by atoms with van der Waals surface area (Å²) in [5.41, 5.74) is 1.32. The normalized spacial score (nSPS) is 35.3. The quantitative estimate of drug-likeness (QED) is 0.700. The van der Waals surface area contributed by atoms with Gasteiger partial charge in [0, 0.05) is 12.5 Å². The van der Waals surface area contributed by atoms with Gasteiger partial charge in [0.15, 0.2) is 5.78 Å². The summed E-state index contributed by atoms with van der Waals surface area (Å²) in [6.07, 6.45) is 3.45. The molecular weight excluding hydrogens is 164 g/mol. The molecular formula is C11H16O2. The predicted molar refractivity (Wildman–Crippen MR) is 50.2 cm³/mol. The summed E-state index contributed by atoms with van der Waals surface area (Å²) in [4.78, 5) is 11.6. The maximum atomic E-state index is 11.6. The van der Waals surface area contributed by atoms with Crippen molar-refractivity contribution in [3.05, 3.63) is 11.6 Å². The van der Waals surface area contributed by atoms with Crippen LogP contribution in [0.25, 0.3) is 0 Å². The fourth-order valence-corrected chi connectivity index (χ4v) is 2.80. The third kappa shape index (κ3) is 1.08. The smallest absolute Gasteiger partial charge is 0.159 e. The van der Waals surface area contributed by atoms with E-state index in [0.29, 0.717) is 12.3 Å². The highest BCUT2D eigenvalue weighted by Gasteiger charge is 2.54. The van der Waals surface area contributed by atoms with E-state index >= 15 is 0 Å². The number of aliphatic hydroxyl groups is 1. The summed E-state index contributed by atoms with van der Waals surface area (Å²) in [5.74, 6) is 1.07. The molecule has 3 rings (SSSR count). The first-order valence-corrected chi connectivity index (χ1v) is 4.92. The van der Waals surface area contributed by atoms with Gasteiger partial charge in [0.25, 0.3) is 0 Å². The molecule has 0 aliphatic heterocycles. The molecule has 1 saturated carbocycles. The maximum absolute atomic E-state index is 11.6. The number of rotatable bonds is 2. The molecule has 2 heteroatoms. The lowest BCUT2D eigenvalue weighted by atomic mass is 9.48. The molecule has 0 aromatic carbocycles. The van der Waals surface area contributed by atoms with Crippen molar-refractivity contribution in [1.82, 2.24) is 0 Å². The second kappa shape index (κ2) is 2.68. The van der Waals surface area contributed by atoms with Gasteiger partial charge in [-0.3, -0.25) is 4.79 Å². The first-order valence-electron chi connectivity index (χ1n) is 4.92. The highest BCUT2D eigenvalue weighted by Crippen LogP contribution is 2.58. The minimum atomic E-state index is 0.149. The highest BCUT2D eigenvalue weighted by atomic mass is 16.3. The van der Waals surface area contributed by atoms with Crippen molar-refractivity contribution in [1.29, 1.82) is 0 Å². The van der Waals surface area contributed by atoms with Crippen LogP contribution in [-0.4, -0.2) is 17.5 Å². The number of carbonyl (C=O) groups is 1. The van der Waals surface area contributed by atoms with Crippen LogP contribution in [0.3, 0.4) is 0 Å². The van der Waals surface area contributed by atoms with Gasteiger partial charge in [-0.15, -0.1) is 0 Å². The fraction of sp³-hybridized carbons (Fsp3) is 0.727. The summed E-state index contributed by atoms with van der Waals surface area (Å²) in [7, 11) is 0. The third-order valence-electron chi connectivity index (χ3n) is 3.79. The zero-order valence-corrected chi connectivity index (χ0v) is 8.21. The Labute approximate surface area is 78.6 Å². The van der Waals surface area contributed by atoms with Crippen LogP contribution >= 0.6 is 0 Å². The van der Waals surface area contributed by atoms with E-state index in [-0.39, 0.29) is 23.7 Å². The van der Waals surface area contributed by atoms with Gasteiger partial charge in [-0.05, 0) is 30.3 Å². The molecule has 1 fully saturated rings. The SMILES string of the molecule is CC1(C)C2CC1C(CCO)=CC2=O. The lowest BCUT2D eigenvalue weighted by Gasteiger charge is -2.55. The van der Waals surface area contributed by atoms with Gasteiger partial charge in [0.05, 0.1) is 0 Å². The van der Waals surface area contributed by atoms with Gasteiger partial charge in [-0.25, -0.2) is 0 Å². The molecule has 3 aliphatic rings. The standard InChI is InChI=1S/C11H16O2/c1-11(2)8-6-9(11)10(13)5-7(8)3-4-12/h5,8-9,12H,3-4,6H2,1-2H3. The summed E-state index contributed by atoms with van der Waals surface area (Å²) < 4.78 is 0. The number of allylic oxidation sites excluding steroid dienone is 1. The Morgan fingerprint density at radius 2 is 2.23 bits per heavy atom. The maximum Gasteiger partial charge on any atom is 0.159 e. The third-order valence-corrected chi connectivity index (χ3v) is 3.79. The molecule has 0 heterocycles. The van der Waals surface area contributed by atoms with Gasteiger partial charge in [-0.1, -0.05) is 19.4 Å². The molecule has 13 heavy (non-hydrogen) atoms. The average molecular weight is 180 g/mol. The topological polar surface area (TPSA) is 37.3 Å². The van der Waals surface area contributed by atoms with Gasteiger partial charge >= 0.3 is 0 Å². The van der Waals surface area contributed by atoms with Crippen LogP contribution in [0.1, 0.15) is 26.7 Å². The molecule has 2 nitrogen and oxygen atoms in total. The molecule has 0 radical (unpaired) electrons. The summed E-state index contributed by atoms with van der Waals surface area (Å²) in [5, 5.41) is 8.86. The Kier molecular flexibility index (Phi) is 1.84. The van der Waals surface area contributed by atoms with E-state index in [4.69, 9.17) is 5.11 Å². The Morgan fingerprint density at radius 3 is 2.69 bits per heavy atom. The molecule has 72 valence electrons. The van der Waals surface area contributed by atoms with Crippen molar-refractivity contribution in [2.75, 3.05) is 6.61 Å². The lowest BCUT2D eigenvalue weighted by Crippen LogP contribution is -2.52. The summed E-state index contributed by atoms with van der Waals surface area (Å²) >= 11 is 0. The van der Waals surface area contributed by atoms with E-state index in [9.17, 15) is 4.79 Å². The van der Waals surface area contributed by atoms with Crippen LogP contribution in [0.2, 0.25) is 0 Å². The largest absolute Gasteiger partial charge is 0.396 e. The van der Waals surface area contributed by atoms with Gasteiger partial charge < -0.3 is 5.11 Å². The Hall–Kier alpha value is -0.630. The number of hydrogen-bond acceptors (Lipinski definition) is 2. The Morgan fingerprint density at radius 1 is 1.54 bits per heavy atom. The van der Waals surface area contributed by atoms with Crippen molar-refractivity contribution < 1.29 is 9.90 Å². The number of aliphatic hydroxyl groups excluding tert-OH is 1. The van der Waals surface area contributed by atoms with E-state index in [1.807, 2.05) is 0 Å². The predicted octanol–water partition coefficient (Wildman–Crippen LogP) is 1.54. The van der Waals surface area contributed by atoms with Crippen molar-refractivity contribution in [3.63, 3.8) is 0 Å². The number of fused-ring (bicyclic) bond motifs is 1. The van der Waals surface area contributed by atoms with Gasteiger partial charge in [-0.2, -0.15) is 0 Å². The molecule has 0 saturated heterocycles. The van der Waals surface area contributed by atoms with Crippen molar-refractivity contribution >= 4 is 5.78 Å². The van der Waals surface area contributed by atoms with E-state index in [1.54, 1.807) is 6.08 Å².